The van der Waals surface area contributed by atoms with Crippen molar-refractivity contribution in [2.24, 2.45) is 0 Å². The SMILES string of the molecule is CSc1nc(C)cc(N2CCOC(C(=O)N(C)C)C2)n1. The van der Waals surface area contributed by atoms with Crippen LogP contribution < -0.4 is 4.90 Å². The molecule has 0 bridgehead atoms. The maximum atomic E-state index is 12.0. The molecule has 6 nitrogen and oxygen atoms in total. The Morgan fingerprint density at radius 3 is 2.90 bits per heavy atom. The Kier molecular flexibility index (Phi) is 4.82. The molecule has 2 heterocycles. The Morgan fingerprint density at radius 2 is 2.25 bits per heavy atom. The van der Waals surface area contributed by atoms with Crippen LogP contribution in [0.2, 0.25) is 0 Å². The summed E-state index contributed by atoms with van der Waals surface area (Å²) in [5.41, 5.74) is 0.932. The molecule has 1 aliphatic rings. The van der Waals surface area contributed by atoms with E-state index in [1.807, 2.05) is 19.2 Å². The number of hydrogen-bond acceptors (Lipinski definition) is 6. The minimum absolute atomic E-state index is 0.00873. The third kappa shape index (κ3) is 3.40. The number of rotatable bonds is 3. The fourth-order valence-electron chi connectivity index (χ4n) is 2.07. The second kappa shape index (κ2) is 6.41. The highest BCUT2D eigenvalue weighted by molar-refractivity contribution is 7.98. The van der Waals surface area contributed by atoms with E-state index in [1.165, 1.54) is 11.8 Å². The van der Waals surface area contributed by atoms with Gasteiger partial charge < -0.3 is 14.5 Å². The van der Waals surface area contributed by atoms with Gasteiger partial charge in [0, 0.05) is 32.4 Å². The molecule has 0 saturated carbocycles. The Labute approximate surface area is 123 Å². The van der Waals surface area contributed by atoms with Crippen LogP contribution in [-0.4, -0.2) is 66.9 Å². The molecule has 1 unspecified atom stereocenters. The summed E-state index contributed by atoms with van der Waals surface area (Å²) in [4.78, 5) is 24.5. The summed E-state index contributed by atoms with van der Waals surface area (Å²) in [6.07, 6.45) is 1.53. The van der Waals surface area contributed by atoms with Crippen LogP contribution in [0.3, 0.4) is 0 Å². The van der Waals surface area contributed by atoms with E-state index in [4.69, 9.17) is 4.74 Å². The standard InChI is InChI=1S/C13H20N4O2S/c1-9-7-11(15-13(14-9)20-4)17-5-6-19-10(8-17)12(18)16(2)3/h7,10H,5-6,8H2,1-4H3. The van der Waals surface area contributed by atoms with Gasteiger partial charge in [0.15, 0.2) is 11.3 Å². The van der Waals surface area contributed by atoms with Crippen LogP contribution in [0.15, 0.2) is 11.2 Å². The number of likely N-dealkylation sites (N-methyl/N-ethyl adjacent to an activating group) is 1. The van der Waals surface area contributed by atoms with E-state index in [0.29, 0.717) is 13.2 Å². The molecule has 0 aromatic carbocycles. The fraction of sp³-hybridized carbons (Fsp3) is 0.615. The van der Waals surface area contributed by atoms with E-state index in [9.17, 15) is 4.79 Å². The van der Waals surface area contributed by atoms with Crippen molar-refractivity contribution in [3.05, 3.63) is 11.8 Å². The molecule has 0 aliphatic carbocycles. The second-order valence-corrected chi connectivity index (χ2v) is 5.67. The summed E-state index contributed by atoms with van der Waals surface area (Å²) in [6.45, 7) is 3.75. The molecular formula is C13H20N4O2S. The number of ether oxygens (including phenoxy) is 1. The van der Waals surface area contributed by atoms with Crippen LogP contribution >= 0.6 is 11.8 Å². The number of thioether (sulfide) groups is 1. The van der Waals surface area contributed by atoms with Gasteiger partial charge in [0.1, 0.15) is 5.82 Å². The van der Waals surface area contributed by atoms with Crippen LogP contribution in [0, 0.1) is 6.92 Å². The molecule has 1 aromatic heterocycles. The first-order chi connectivity index (χ1) is 9.51. The van der Waals surface area contributed by atoms with Crippen molar-refractivity contribution in [2.45, 2.75) is 18.2 Å². The second-order valence-electron chi connectivity index (χ2n) is 4.89. The normalized spacial score (nSPS) is 19.0. The number of amides is 1. The molecule has 1 atom stereocenters. The van der Waals surface area contributed by atoms with Gasteiger partial charge in [0.2, 0.25) is 0 Å². The van der Waals surface area contributed by atoms with Gasteiger partial charge in [-0.05, 0) is 13.2 Å². The minimum atomic E-state index is -0.424. The maximum absolute atomic E-state index is 12.0. The lowest BCUT2D eigenvalue weighted by atomic mass is 10.2. The van der Waals surface area contributed by atoms with Crippen molar-refractivity contribution in [1.82, 2.24) is 14.9 Å². The summed E-state index contributed by atoms with van der Waals surface area (Å²) in [6, 6.07) is 1.95. The molecule has 1 aliphatic heterocycles. The Hall–Kier alpha value is -1.34. The Bertz CT molecular complexity index is 495. The van der Waals surface area contributed by atoms with Crippen molar-refractivity contribution in [3.8, 4) is 0 Å². The summed E-state index contributed by atoms with van der Waals surface area (Å²) >= 11 is 1.52. The quantitative estimate of drug-likeness (QED) is 0.607. The van der Waals surface area contributed by atoms with Gasteiger partial charge in [0.05, 0.1) is 13.2 Å². The van der Waals surface area contributed by atoms with Crippen LogP contribution in [0.5, 0.6) is 0 Å². The van der Waals surface area contributed by atoms with Crippen LogP contribution in [-0.2, 0) is 9.53 Å². The lowest BCUT2D eigenvalue weighted by molar-refractivity contribution is -0.141. The molecule has 110 valence electrons. The van der Waals surface area contributed by atoms with Crippen LogP contribution in [0.25, 0.3) is 0 Å². The maximum Gasteiger partial charge on any atom is 0.253 e. The molecule has 7 heteroatoms. The number of carbonyl (C=O) groups excluding carboxylic acids is 1. The largest absolute Gasteiger partial charge is 0.365 e. The number of anilines is 1. The molecule has 0 spiro atoms. The zero-order chi connectivity index (χ0) is 14.7. The van der Waals surface area contributed by atoms with E-state index in [1.54, 1.807) is 19.0 Å². The first-order valence-electron chi connectivity index (χ1n) is 6.48. The van der Waals surface area contributed by atoms with Crippen molar-refractivity contribution < 1.29 is 9.53 Å². The third-order valence-corrected chi connectivity index (χ3v) is 3.66. The van der Waals surface area contributed by atoms with Gasteiger partial charge in [-0.3, -0.25) is 4.79 Å². The average molecular weight is 296 g/mol. The number of morpholine rings is 1. The fourth-order valence-corrected chi connectivity index (χ4v) is 2.49. The number of nitrogens with zero attached hydrogens (tertiary/aromatic N) is 4. The van der Waals surface area contributed by atoms with Crippen molar-refractivity contribution in [2.75, 3.05) is 44.9 Å². The lowest BCUT2D eigenvalue weighted by Gasteiger charge is -2.34. The predicted molar refractivity (Wildman–Crippen MR) is 79.2 cm³/mol. The van der Waals surface area contributed by atoms with E-state index >= 15 is 0 Å². The minimum Gasteiger partial charge on any atom is -0.365 e. The highest BCUT2D eigenvalue weighted by atomic mass is 32.2. The molecule has 1 amide bonds. The number of hydrogen-bond donors (Lipinski definition) is 0. The topological polar surface area (TPSA) is 58.6 Å². The van der Waals surface area contributed by atoms with E-state index in [0.717, 1.165) is 23.2 Å². The predicted octanol–water partition coefficient (Wildman–Crippen LogP) is 0.800. The molecule has 0 radical (unpaired) electrons. The van der Waals surface area contributed by atoms with Crippen LogP contribution in [0.4, 0.5) is 5.82 Å². The van der Waals surface area contributed by atoms with Gasteiger partial charge in [-0.2, -0.15) is 0 Å². The van der Waals surface area contributed by atoms with E-state index in [-0.39, 0.29) is 5.91 Å². The van der Waals surface area contributed by atoms with Gasteiger partial charge in [0.25, 0.3) is 5.91 Å². The molecule has 1 saturated heterocycles. The molecule has 2 rings (SSSR count). The smallest absolute Gasteiger partial charge is 0.253 e. The summed E-state index contributed by atoms with van der Waals surface area (Å²) in [5, 5.41) is 0.752. The molecular weight excluding hydrogens is 276 g/mol. The first kappa shape index (κ1) is 15.1. The number of aryl methyl sites for hydroxylation is 1. The van der Waals surface area contributed by atoms with Crippen molar-refractivity contribution >= 4 is 23.5 Å². The van der Waals surface area contributed by atoms with Crippen molar-refractivity contribution in [1.29, 1.82) is 0 Å². The third-order valence-electron chi connectivity index (χ3n) is 3.11. The average Bonchev–Trinajstić information content (AvgIpc) is 2.45. The zero-order valence-corrected chi connectivity index (χ0v) is 13.1. The summed E-state index contributed by atoms with van der Waals surface area (Å²) in [5.74, 6) is 0.854. The summed E-state index contributed by atoms with van der Waals surface area (Å²) < 4.78 is 5.56. The van der Waals surface area contributed by atoms with Gasteiger partial charge >= 0.3 is 0 Å². The Balaban J connectivity index is 2.16. The molecule has 1 fully saturated rings. The van der Waals surface area contributed by atoms with Gasteiger partial charge in [-0.15, -0.1) is 0 Å². The van der Waals surface area contributed by atoms with Crippen molar-refractivity contribution in [3.63, 3.8) is 0 Å². The highest BCUT2D eigenvalue weighted by Gasteiger charge is 2.28. The Morgan fingerprint density at radius 1 is 1.50 bits per heavy atom. The van der Waals surface area contributed by atoms with Crippen LogP contribution in [0.1, 0.15) is 5.69 Å². The number of carbonyl (C=O) groups is 1. The van der Waals surface area contributed by atoms with E-state index in [2.05, 4.69) is 14.9 Å². The zero-order valence-electron chi connectivity index (χ0n) is 12.3. The summed E-state index contributed by atoms with van der Waals surface area (Å²) in [7, 11) is 3.48. The monoisotopic (exact) mass is 296 g/mol. The van der Waals surface area contributed by atoms with E-state index < -0.39 is 6.10 Å². The number of aromatic nitrogens is 2. The molecule has 0 N–H and O–H groups in total. The first-order valence-corrected chi connectivity index (χ1v) is 7.71. The van der Waals surface area contributed by atoms with Gasteiger partial charge in [-0.1, -0.05) is 11.8 Å². The molecule has 1 aromatic rings. The lowest BCUT2D eigenvalue weighted by Crippen LogP contribution is -2.49. The highest BCUT2D eigenvalue weighted by Crippen LogP contribution is 2.20. The molecule has 20 heavy (non-hydrogen) atoms. The van der Waals surface area contributed by atoms with Gasteiger partial charge in [-0.25, -0.2) is 9.97 Å².